The van der Waals surface area contributed by atoms with Crippen LogP contribution >= 0.6 is 0 Å². The van der Waals surface area contributed by atoms with Gasteiger partial charge in [-0.05, 0) is 30.2 Å². The van der Waals surface area contributed by atoms with Crippen molar-refractivity contribution in [2.45, 2.75) is 58.3 Å². The topological polar surface area (TPSA) is 94.7 Å². The highest BCUT2D eigenvalue weighted by Crippen LogP contribution is 2.26. The first kappa shape index (κ1) is 23.0. The number of hydrogen-bond acceptors (Lipinski definition) is 6. The minimum absolute atomic E-state index is 0.0625. The van der Waals surface area contributed by atoms with Crippen LogP contribution in [-0.4, -0.2) is 24.7 Å². The van der Waals surface area contributed by atoms with Crippen molar-refractivity contribution in [1.29, 1.82) is 0 Å². The summed E-state index contributed by atoms with van der Waals surface area (Å²) in [6.45, 7) is 3.07. The highest BCUT2D eigenvalue weighted by atomic mass is 16.5. The van der Waals surface area contributed by atoms with Gasteiger partial charge >= 0.3 is 0 Å². The molecule has 0 aromatic heterocycles. The molecule has 1 amide bonds. The van der Waals surface area contributed by atoms with E-state index in [4.69, 9.17) is 4.74 Å². The summed E-state index contributed by atoms with van der Waals surface area (Å²) in [4.78, 5) is 11.7. The highest BCUT2D eigenvalue weighted by Gasteiger charge is 2.01. The fourth-order valence-corrected chi connectivity index (χ4v) is 2.56. The Morgan fingerprint density at radius 1 is 1.07 bits per heavy atom. The second-order valence-electron chi connectivity index (χ2n) is 6.41. The van der Waals surface area contributed by atoms with E-state index in [-0.39, 0.29) is 11.7 Å². The van der Waals surface area contributed by atoms with Crippen LogP contribution in [0.15, 0.2) is 24.3 Å². The summed E-state index contributed by atoms with van der Waals surface area (Å²) in [6.07, 6.45) is 13.3. The Hall–Kier alpha value is -2.09. The third-order valence-electron chi connectivity index (χ3n) is 4.12. The zero-order valence-electron chi connectivity index (χ0n) is 16.5. The number of carbonyl (C=O) groups is 1. The van der Waals surface area contributed by atoms with E-state index in [1.165, 1.54) is 64.2 Å². The van der Waals surface area contributed by atoms with E-state index >= 15 is 0 Å². The molecule has 0 bridgehead atoms. The third-order valence-corrected chi connectivity index (χ3v) is 4.12. The number of rotatable bonds is 15. The Morgan fingerprint density at radius 3 is 2.48 bits per heavy atom. The van der Waals surface area contributed by atoms with Crippen molar-refractivity contribution < 1.29 is 14.6 Å². The number of nitrogens with one attached hydrogen (secondary N) is 4. The molecule has 7 heteroatoms. The summed E-state index contributed by atoms with van der Waals surface area (Å²) in [5.41, 5.74) is 11.6. The molecule has 0 fully saturated rings. The molecular weight excluding hydrogens is 344 g/mol. The Labute approximate surface area is 162 Å². The molecule has 0 aliphatic heterocycles. The molecule has 1 aromatic rings. The van der Waals surface area contributed by atoms with Crippen LogP contribution in [0.2, 0.25) is 0 Å². The summed E-state index contributed by atoms with van der Waals surface area (Å²) >= 11 is 0. The van der Waals surface area contributed by atoms with Crippen LogP contribution < -0.4 is 26.7 Å². The molecule has 0 aliphatic rings. The van der Waals surface area contributed by atoms with Crippen molar-refractivity contribution in [1.82, 2.24) is 21.9 Å². The largest absolute Gasteiger partial charge is 0.504 e. The number of methoxy groups -OCH3 is 1. The van der Waals surface area contributed by atoms with E-state index in [2.05, 4.69) is 28.8 Å². The summed E-state index contributed by atoms with van der Waals surface area (Å²) in [5.74, 6) is 0.124. The Balaban J connectivity index is 2.03. The van der Waals surface area contributed by atoms with Gasteiger partial charge in [0, 0.05) is 12.6 Å². The van der Waals surface area contributed by atoms with Gasteiger partial charge in [-0.15, -0.1) is 0 Å². The predicted octanol–water partition coefficient (Wildman–Crippen LogP) is 3.18. The second-order valence-corrected chi connectivity index (χ2v) is 6.41. The van der Waals surface area contributed by atoms with Gasteiger partial charge in [-0.1, -0.05) is 57.9 Å². The Kier molecular flexibility index (Phi) is 12.8. The number of hydrazine groups is 3. The van der Waals surface area contributed by atoms with E-state index in [9.17, 15) is 9.90 Å². The quantitative estimate of drug-likeness (QED) is 0.183. The summed E-state index contributed by atoms with van der Waals surface area (Å²) in [7, 11) is 1.48. The molecule has 7 nitrogen and oxygen atoms in total. The SMILES string of the molecule is CCCCCCCCCCNNNNC(=O)C=Cc1ccc(O)c(OC)c1. The molecule has 5 N–H and O–H groups in total. The molecule has 0 spiro atoms. The summed E-state index contributed by atoms with van der Waals surface area (Å²) in [6, 6.07) is 4.86. The first-order chi connectivity index (χ1) is 13.2. The Morgan fingerprint density at radius 2 is 1.78 bits per heavy atom. The monoisotopic (exact) mass is 378 g/mol. The summed E-state index contributed by atoms with van der Waals surface area (Å²) < 4.78 is 5.03. The molecule has 27 heavy (non-hydrogen) atoms. The Bertz CT molecular complexity index is 564. The molecule has 0 saturated heterocycles. The number of phenols is 1. The molecule has 1 aromatic carbocycles. The smallest absolute Gasteiger partial charge is 0.259 e. The standard InChI is InChI=1S/C20H34N4O3/c1-3-4-5-6-7-8-9-10-15-21-23-24-22-20(26)14-12-17-11-13-18(25)19(16-17)27-2/h11-14,16,21,23-25H,3-10,15H2,1-2H3,(H,22,26). The lowest BCUT2D eigenvalue weighted by atomic mass is 10.1. The van der Waals surface area contributed by atoms with Crippen molar-refractivity contribution in [2.75, 3.05) is 13.7 Å². The van der Waals surface area contributed by atoms with Gasteiger partial charge in [0.1, 0.15) is 0 Å². The van der Waals surface area contributed by atoms with Gasteiger partial charge in [-0.25, -0.2) is 5.43 Å². The van der Waals surface area contributed by atoms with E-state index < -0.39 is 0 Å². The maximum absolute atomic E-state index is 11.7. The first-order valence-electron chi connectivity index (χ1n) is 9.75. The normalized spacial score (nSPS) is 11.0. The molecule has 0 aliphatic carbocycles. The molecule has 1 rings (SSSR count). The first-order valence-corrected chi connectivity index (χ1v) is 9.75. The molecule has 0 heterocycles. The van der Waals surface area contributed by atoms with Crippen LogP contribution in [0, 0.1) is 0 Å². The maximum Gasteiger partial charge on any atom is 0.259 e. The van der Waals surface area contributed by atoms with Crippen LogP contribution in [0.4, 0.5) is 0 Å². The fraction of sp³-hybridized carbons (Fsp3) is 0.550. The molecule has 152 valence electrons. The van der Waals surface area contributed by atoms with Crippen molar-refractivity contribution >= 4 is 12.0 Å². The van der Waals surface area contributed by atoms with Crippen molar-refractivity contribution in [3.8, 4) is 11.5 Å². The molecule has 0 unspecified atom stereocenters. The average Bonchev–Trinajstić information content (AvgIpc) is 2.68. The lowest BCUT2D eigenvalue weighted by Gasteiger charge is -2.08. The highest BCUT2D eigenvalue weighted by molar-refractivity contribution is 5.91. The van der Waals surface area contributed by atoms with Gasteiger partial charge in [0.15, 0.2) is 11.5 Å². The van der Waals surface area contributed by atoms with E-state index in [1.54, 1.807) is 18.2 Å². The molecule has 0 radical (unpaired) electrons. The van der Waals surface area contributed by atoms with Gasteiger partial charge in [0.2, 0.25) is 0 Å². The molecule has 0 atom stereocenters. The number of ether oxygens (including phenoxy) is 1. The van der Waals surface area contributed by atoms with Crippen LogP contribution in [0.3, 0.4) is 0 Å². The zero-order valence-corrected chi connectivity index (χ0v) is 16.5. The van der Waals surface area contributed by atoms with Crippen molar-refractivity contribution in [2.24, 2.45) is 0 Å². The number of phenolic OH excluding ortho intramolecular Hbond substituents is 1. The number of carbonyl (C=O) groups excluding carboxylic acids is 1. The zero-order chi connectivity index (χ0) is 19.7. The van der Waals surface area contributed by atoms with Crippen LogP contribution in [0.1, 0.15) is 63.9 Å². The van der Waals surface area contributed by atoms with Crippen LogP contribution in [0.5, 0.6) is 11.5 Å². The summed E-state index contributed by atoms with van der Waals surface area (Å²) in [5, 5.41) is 9.54. The van der Waals surface area contributed by atoms with E-state index in [0.717, 1.165) is 18.5 Å². The van der Waals surface area contributed by atoms with E-state index in [0.29, 0.717) is 5.75 Å². The second kappa shape index (κ2) is 15.0. The van der Waals surface area contributed by atoms with Crippen molar-refractivity contribution in [3.05, 3.63) is 29.8 Å². The van der Waals surface area contributed by atoms with Gasteiger partial charge in [0.05, 0.1) is 7.11 Å². The maximum atomic E-state index is 11.7. The minimum atomic E-state index is -0.302. The molecular formula is C20H34N4O3. The van der Waals surface area contributed by atoms with Crippen molar-refractivity contribution in [3.63, 3.8) is 0 Å². The lowest BCUT2D eigenvalue weighted by Crippen LogP contribution is -2.52. The van der Waals surface area contributed by atoms with E-state index in [1.807, 2.05) is 0 Å². The predicted molar refractivity (Wildman–Crippen MR) is 109 cm³/mol. The van der Waals surface area contributed by atoms with Gasteiger partial charge in [-0.2, -0.15) is 11.1 Å². The van der Waals surface area contributed by atoms with Gasteiger partial charge in [-0.3, -0.25) is 10.2 Å². The minimum Gasteiger partial charge on any atom is -0.504 e. The number of aromatic hydroxyl groups is 1. The average molecular weight is 379 g/mol. The number of unbranched alkanes of at least 4 members (excludes halogenated alkanes) is 7. The number of hydrogen-bond donors (Lipinski definition) is 5. The fourth-order valence-electron chi connectivity index (χ4n) is 2.56. The van der Waals surface area contributed by atoms with Gasteiger partial charge in [0.25, 0.3) is 5.91 Å². The lowest BCUT2D eigenvalue weighted by molar-refractivity contribution is -0.117. The molecule has 0 saturated carbocycles. The van der Waals surface area contributed by atoms with Crippen LogP contribution in [-0.2, 0) is 4.79 Å². The van der Waals surface area contributed by atoms with Crippen LogP contribution in [0.25, 0.3) is 6.08 Å². The third kappa shape index (κ3) is 11.3. The number of benzene rings is 1. The van der Waals surface area contributed by atoms with Gasteiger partial charge < -0.3 is 9.84 Å². The number of amides is 1.